The van der Waals surface area contributed by atoms with Gasteiger partial charge in [0.1, 0.15) is 11.3 Å². The lowest BCUT2D eigenvalue weighted by Gasteiger charge is -2.19. The van der Waals surface area contributed by atoms with Gasteiger partial charge in [0.05, 0.1) is 7.11 Å². The van der Waals surface area contributed by atoms with Gasteiger partial charge in [-0.15, -0.1) is 0 Å². The van der Waals surface area contributed by atoms with Crippen molar-refractivity contribution < 1.29 is 19.1 Å². The van der Waals surface area contributed by atoms with Gasteiger partial charge in [-0.1, -0.05) is 45.8 Å². The molecule has 1 amide bonds. The molecule has 2 aromatic carbocycles. The number of methoxy groups -OCH3 is 1. The molecule has 0 heterocycles. The molecule has 0 aliphatic carbocycles. The fraction of sp³-hybridized carbons (Fsp3) is 0.263. The number of esters is 1. The van der Waals surface area contributed by atoms with E-state index in [1.165, 1.54) is 7.11 Å². The maximum Gasteiger partial charge on any atom is 0.341 e. The van der Waals surface area contributed by atoms with Gasteiger partial charge in [-0.25, -0.2) is 4.79 Å². The monoisotopic (exact) mass is 405 g/mol. The first-order chi connectivity index (χ1) is 11.9. The van der Waals surface area contributed by atoms with Crippen LogP contribution in [0.2, 0.25) is 0 Å². The van der Waals surface area contributed by atoms with Gasteiger partial charge in [-0.05, 0) is 30.7 Å². The largest absolute Gasteiger partial charge is 0.483 e. The number of carbonyl (C=O) groups is 2. The van der Waals surface area contributed by atoms with Crippen molar-refractivity contribution in [2.24, 2.45) is 0 Å². The number of rotatable bonds is 6. The zero-order valence-electron chi connectivity index (χ0n) is 14.4. The minimum absolute atomic E-state index is 0.159. The Bertz CT molecular complexity index is 776. The Labute approximate surface area is 155 Å². The summed E-state index contributed by atoms with van der Waals surface area (Å²) in [4.78, 5) is 25.7. The molecule has 0 atom stereocenters. The first-order valence-electron chi connectivity index (χ1n) is 7.71. The number of ether oxygens (including phenoxy) is 2. The fourth-order valence-corrected chi connectivity index (χ4v) is 2.67. The van der Waals surface area contributed by atoms with Crippen molar-refractivity contribution in [3.05, 3.63) is 63.6 Å². The second-order valence-electron chi connectivity index (χ2n) is 5.62. The van der Waals surface area contributed by atoms with E-state index in [1.807, 2.05) is 37.3 Å². The van der Waals surface area contributed by atoms with Crippen LogP contribution in [-0.4, -0.2) is 37.5 Å². The van der Waals surface area contributed by atoms with Crippen molar-refractivity contribution >= 4 is 27.8 Å². The minimum Gasteiger partial charge on any atom is -0.483 e. The molecule has 0 bridgehead atoms. The minimum atomic E-state index is -0.493. The number of amides is 1. The molecule has 6 heteroatoms. The van der Waals surface area contributed by atoms with Crippen LogP contribution in [0.15, 0.2) is 46.9 Å². The lowest BCUT2D eigenvalue weighted by atomic mass is 10.1. The van der Waals surface area contributed by atoms with E-state index in [-0.39, 0.29) is 12.5 Å². The predicted molar refractivity (Wildman–Crippen MR) is 98.6 cm³/mol. The summed E-state index contributed by atoms with van der Waals surface area (Å²) >= 11 is 3.47. The lowest BCUT2D eigenvalue weighted by Crippen LogP contribution is -2.31. The molecule has 2 aromatic rings. The zero-order valence-corrected chi connectivity index (χ0v) is 16.0. The van der Waals surface area contributed by atoms with Gasteiger partial charge < -0.3 is 14.4 Å². The number of carbonyl (C=O) groups excluding carboxylic acids is 2. The van der Waals surface area contributed by atoms with E-state index < -0.39 is 5.97 Å². The van der Waals surface area contributed by atoms with Crippen molar-refractivity contribution in [3.63, 3.8) is 0 Å². The van der Waals surface area contributed by atoms with Crippen LogP contribution in [-0.2, 0) is 16.1 Å². The van der Waals surface area contributed by atoms with Crippen molar-refractivity contribution in [1.82, 2.24) is 4.90 Å². The number of hydrogen-bond donors (Lipinski definition) is 0. The summed E-state index contributed by atoms with van der Waals surface area (Å²) in [6.45, 7) is 2.17. The third-order valence-corrected chi connectivity index (χ3v) is 4.46. The van der Waals surface area contributed by atoms with E-state index in [9.17, 15) is 9.59 Å². The summed E-state index contributed by atoms with van der Waals surface area (Å²) in [6, 6.07) is 12.9. The molecule has 0 aliphatic rings. The topological polar surface area (TPSA) is 55.8 Å². The molecule has 0 saturated carbocycles. The second kappa shape index (κ2) is 8.67. The highest BCUT2D eigenvalue weighted by molar-refractivity contribution is 9.10. The van der Waals surface area contributed by atoms with Crippen molar-refractivity contribution in [1.29, 1.82) is 0 Å². The molecule has 25 heavy (non-hydrogen) atoms. The number of aryl methyl sites for hydroxylation is 1. The van der Waals surface area contributed by atoms with Gasteiger partial charge in [-0.3, -0.25) is 4.79 Å². The summed E-state index contributed by atoms with van der Waals surface area (Å²) < 4.78 is 11.3. The number of nitrogens with zero attached hydrogens (tertiary/aromatic N) is 1. The van der Waals surface area contributed by atoms with Gasteiger partial charge >= 0.3 is 5.97 Å². The maximum absolute atomic E-state index is 12.3. The van der Waals surface area contributed by atoms with Gasteiger partial charge in [0.2, 0.25) is 0 Å². The highest BCUT2D eigenvalue weighted by Crippen LogP contribution is 2.21. The lowest BCUT2D eigenvalue weighted by molar-refractivity contribution is -0.132. The zero-order chi connectivity index (χ0) is 18.4. The third kappa shape index (κ3) is 5.06. The van der Waals surface area contributed by atoms with E-state index in [0.717, 1.165) is 15.6 Å². The first kappa shape index (κ1) is 19.0. The fourth-order valence-electron chi connectivity index (χ4n) is 2.26. The Hall–Kier alpha value is -2.34. The van der Waals surface area contributed by atoms with Gasteiger partial charge in [0, 0.05) is 18.1 Å². The quantitative estimate of drug-likeness (QED) is 0.689. The van der Waals surface area contributed by atoms with Crippen LogP contribution in [0.4, 0.5) is 0 Å². The Balaban J connectivity index is 2.02. The van der Waals surface area contributed by atoms with Crippen molar-refractivity contribution in [2.75, 3.05) is 20.8 Å². The average Bonchev–Trinajstić information content (AvgIpc) is 2.61. The second-order valence-corrected chi connectivity index (χ2v) is 6.48. The van der Waals surface area contributed by atoms with Crippen LogP contribution in [0.25, 0.3) is 0 Å². The van der Waals surface area contributed by atoms with Crippen molar-refractivity contribution in [2.45, 2.75) is 13.5 Å². The average molecular weight is 406 g/mol. The van der Waals surface area contributed by atoms with Gasteiger partial charge in [-0.2, -0.15) is 0 Å². The molecule has 0 N–H and O–H groups in total. The Kier molecular flexibility index (Phi) is 6.58. The normalized spacial score (nSPS) is 10.2. The van der Waals surface area contributed by atoms with Gasteiger partial charge in [0.15, 0.2) is 6.61 Å². The molecule has 0 radical (unpaired) electrons. The summed E-state index contributed by atoms with van der Waals surface area (Å²) in [5.41, 5.74) is 2.22. The molecule has 0 unspecified atom stereocenters. The maximum atomic E-state index is 12.3. The highest BCUT2D eigenvalue weighted by atomic mass is 79.9. The van der Waals surface area contributed by atoms with E-state index in [4.69, 9.17) is 9.47 Å². The molecular weight excluding hydrogens is 386 g/mol. The van der Waals surface area contributed by atoms with E-state index in [1.54, 1.807) is 24.1 Å². The Morgan fingerprint density at radius 1 is 1.16 bits per heavy atom. The number of likely N-dealkylation sites (N-methyl/N-ethyl adjacent to an activating group) is 1. The highest BCUT2D eigenvalue weighted by Gasteiger charge is 2.16. The third-order valence-electron chi connectivity index (χ3n) is 3.68. The molecule has 0 saturated heterocycles. The smallest absolute Gasteiger partial charge is 0.341 e. The summed E-state index contributed by atoms with van der Waals surface area (Å²) in [5, 5.41) is 0. The van der Waals surface area contributed by atoms with Crippen LogP contribution in [0, 0.1) is 6.92 Å². The van der Waals surface area contributed by atoms with E-state index in [0.29, 0.717) is 17.9 Å². The van der Waals surface area contributed by atoms with E-state index >= 15 is 0 Å². The van der Waals surface area contributed by atoms with Crippen LogP contribution < -0.4 is 4.74 Å². The number of benzene rings is 2. The summed E-state index contributed by atoms with van der Waals surface area (Å²) in [6.07, 6.45) is 0. The Morgan fingerprint density at radius 3 is 2.56 bits per heavy atom. The molecule has 0 aliphatic heterocycles. The molecule has 5 nitrogen and oxygen atoms in total. The SMILES string of the molecule is COC(=O)c1cc(C)ccc1OCC(=O)N(C)Cc1ccccc1Br. The van der Waals surface area contributed by atoms with E-state index in [2.05, 4.69) is 15.9 Å². The molecule has 0 spiro atoms. The van der Waals surface area contributed by atoms with Crippen molar-refractivity contribution in [3.8, 4) is 5.75 Å². The molecule has 0 aromatic heterocycles. The molecule has 132 valence electrons. The summed E-state index contributed by atoms with van der Waals surface area (Å²) in [5.74, 6) is -0.347. The first-order valence-corrected chi connectivity index (χ1v) is 8.50. The number of hydrogen-bond acceptors (Lipinski definition) is 4. The number of halogens is 1. The standard InChI is InChI=1S/C19H20BrNO4/c1-13-8-9-17(15(10-13)19(23)24-3)25-12-18(22)21(2)11-14-6-4-5-7-16(14)20/h4-10H,11-12H2,1-3H3. The van der Waals surface area contributed by atoms with Crippen LogP contribution in [0.5, 0.6) is 5.75 Å². The van der Waals surface area contributed by atoms with Crippen LogP contribution >= 0.6 is 15.9 Å². The molecular formula is C19H20BrNO4. The van der Waals surface area contributed by atoms with Gasteiger partial charge in [0.25, 0.3) is 5.91 Å². The molecule has 2 rings (SSSR count). The Morgan fingerprint density at radius 2 is 1.88 bits per heavy atom. The predicted octanol–water partition coefficient (Wildman–Crippen LogP) is 3.58. The summed E-state index contributed by atoms with van der Waals surface area (Å²) in [7, 11) is 3.02. The van der Waals surface area contributed by atoms with Crippen LogP contribution in [0.1, 0.15) is 21.5 Å². The van der Waals surface area contributed by atoms with Crippen LogP contribution in [0.3, 0.4) is 0 Å². The molecule has 0 fully saturated rings.